The van der Waals surface area contributed by atoms with Crippen LogP contribution in [0.15, 0.2) is 47.5 Å². The van der Waals surface area contributed by atoms with E-state index in [9.17, 15) is 9.50 Å². The van der Waals surface area contributed by atoms with Crippen molar-refractivity contribution < 1.29 is 23.7 Å². The standard InChI is InChI=1S/C22H30FN3O4/c1-4-24-22(25-12-11-16-5-10-20(28-2)21(13-16)29-3)26-14-18(27)15-30-19-8-6-17(23)7-9-19/h5-10,13,18,27H,4,11-12,14-15H2,1-3H3,(H2,24,25,26). The van der Waals surface area contributed by atoms with Crippen molar-refractivity contribution in [3.05, 3.63) is 53.8 Å². The van der Waals surface area contributed by atoms with Crippen LogP contribution in [0.2, 0.25) is 0 Å². The quantitative estimate of drug-likeness (QED) is 0.383. The third-order valence-electron chi connectivity index (χ3n) is 4.21. The average Bonchev–Trinajstić information content (AvgIpc) is 2.76. The first-order valence-electron chi connectivity index (χ1n) is 9.85. The van der Waals surface area contributed by atoms with Gasteiger partial charge in [-0.3, -0.25) is 4.99 Å². The third kappa shape index (κ3) is 7.79. The minimum atomic E-state index is -0.781. The molecule has 0 spiro atoms. The van der Waals surface area contributed by atoms with Crippen LogP contribution in [-0.4, -0.2) is 57.6 Å². The molecule has 1 atom stereocenters. The normalized spacial score (nSPS) is 12.2. The lowest BCUT2D eigenvalue weighted by molar-refractivity contribution is 0.114. The van der Waals surface area contributed by atoms with Crippen molar-refractivity contribution in [2.75, 3.05) is 40.5 Å². The van der Waals surface area contributed by atoms with Crippen LogP contribution < -0.4 is 24.8 Å². The Labute approximate surface area is 176 Å². The summed E-state index contributed by atoms with van der Waals surface area (Å²) in [6.07, 6.45) is -0.0163. The first kappa shape index (κ1) is 23.3. The zero-order valence-electron chi connectivity index (χ0n) is 17.7. The van der Waals surface area contributed by atoms with Crippen molar-refractivity contribution >= 4 is 5.96 Å². The molecule has 1 unspecified atom stereocenters. The van der Waals surface area contributed by atoms with Gasteiger partial charge in [0.2, 0.25) is 0 Å². The number of ether oxygens (including phenoxy) is 3. The minimum absolute atomic E-state index is 0.0696. The summed E-state index contributed by atoms with van der Waals surface area (Å²) < 4.78 is 28.9. The molecule has 30 heavy (non-hydrogen) atoms. The summed E-state index contributed by atoms with van der Waals surface area (Å²) in [7, 11) is 3.22. The number of hydrogen-bond acceptors (Lipinski definition) is 5. The number of aliphatic imine (C=N–C) groups is 1. The second-order valence-electron chi connectivity index (χ2n) is 6.50. The number of rotatable bonds is 11. The van der Waals surface area contributed by atoms with Gasteiger partial charge in [0.15, 0.2) is 17.5 Å². The highest BCUT2D eigenvalue weighted by Gasteiger charge is 2.07. The van der Waals surface area contributed by atoms with Gasteiger partial charge in [-0.05, 0) is 55.3 Å². The van der Waals surface area contributed by atoms with Crippen molar-refractivity contribution in [2.45, 2.75) is 19.4 Å². The number of aliphatic hydroxyl groups is 1. The van der Waals surface area contributed by atoms with Crippen molar-refractivity contribution in [1.82, 2.24) is 10.6 Å². The lowest BCUT2D eigenvalue weighted by Gasteiger charge is -2.14. The smallest absolute Gasteiger partial charge is 0.191 e. The lowest BCUT2D eigenvalue weighted by Crippen LogP contribution is -2.39. The van der Waals surface area contributed by atoms with Crippen LogP contribution in [0.5, 0.6) is 17.2 Å². The molecule has 8 heteroatoms. The van der Waals surface area contributed by atoms with Gasteiger partial charge < -0.3 is 30.0 Å². The maximum absolute atomic E-state index is 12.9. The van der Waals surface area contributed by atoms with E-state index < -0.39 is 6.10 Å². The van der Waals surface area contributed by atoms with Crippen LogP contribution in [0.1, 0.15) is 12.5 Å². The molecule has 7 nitrogen and oxygen atoms in total. The Bertz CT molecular complexity index is 799. The summed E-state index contributed by atoms with van der Waals surface area (Å²) in [6.45, 7) is 3.57. The van der Waals surface area contributed by atoms with Crippen LogP contribution in [0.25, 0.3) is 0 Å². The number of guanidine groups is 1. The fourth-order valence-corrected chi connectivity index (χ4v) is 2.68. The van der Waals surface area contributed by atoms with E-state index in [0.29, 0.717) is 36.3 Å². The number of benzene rings is 2. The molecule has 0 saturated carbocycles. The molecule has 0 bridgehead atoms. The van der Waals surface area contributed by atoms with Crippen LogP contribution >= 0.6 is 0 Å². The Kier molecular flexibility index (Phi) is 9.73. The first-order valence-corrected chi connectivity index (χ1v) is 9.85. The molecule has 0 saturated heterocycles. The molecule has 0 fully saturated rings. The van der Waals surface area contributed by atoms with E-state index in [4.69, 9.17) is 14.2 Å². The summed E-state index contributed by atoms with van der Waals surface area (Å²) in [5.41, 5.74) is 1.10. The van der Waals surface area contributed by atoms with Crippen molar-refractivity contribution in [2.24, 2.45) is 4.99 Å². The van der Waals surface area contributed by atoms with Crippen molar-refractivity contribution in [1.29, 1.82) is 0 Å². The molecular weight excluding hydrogens is 389 g/mol. The molecule has 164 valence electrons. The predicted molar refractivity (Wildman–Crippen MR) is 115 cm³/mol. The molecule has 2 aromatic rings. The Morgan fingerprint density at radius 2 is 1.80 bits per heavy atom. The summed E-state index contributed by atoms with van der Waals surface area (Å²) in [6, 6.07) is 11.5. The van der Waals surface area contributed by atoms with Crippen LogP contribution in [0.3, 0.4) is 0 Å². The van der Waals surface area contributed by atoms with Gasteiger partial charge in [-0.25, -0.2) is 4.39 Å². The van der Waals surface area contributed by atoms with Gasteiger partial charge in [-0.1, -0.05) is 6.07 Å². The van der Waals surface area contributed by atoms with E-state index in [1.54, 1.807) is 14.2 Å². The largest absolute Gasteiger partial charge is 0.493 e. The van der Waals surface area contributed by atoms with Crippen LogP contribution in [0, 0.1) is 5.82 Å². The zero-order chi connectivity index (χ0) is 21.8. The number of methoxy groups -OCH3 is 2. The molecule has 0 aliphatic carbocycles. The fourth-order valence-electron chi connectivity index (χ4n) is 2.68. The van der Waals surface area contributed by atoms with E-state index in [-0.39, 0.29) is 19.0 Å². The van der Waals surface area contributed by atoms with Gasteiger partial charge >= 0.3 is 0 Å². The van der Waals surface area contributed by atoms with E-state index in [2.05, 4.69) is 15.6 Å². The van der Waals surface area contributed by atoms with Crippen LogP contribution in [0.4, 0.5) is 4.39 Å². The van der Waals surface area contributed by atoms with E-state index in [0.717, 1.165) is 12.0 Å². The molecule has 0 aliphatic heterocycles. The first-order chi connectivity index (χ1) is 14.5. The van der Waals surface area contributed by atoms with Gasteiger partial charge in [0.1, 0.15) is 24.3 Å². The Hall–Kier alpha value is -3.00. The van der Waals surface area contributed by atoms with E-state index in [1.165, 1.54) is 24.3 Å². The molecule has 3 N–H and O–H groups in total. The Morgan fingerprint density at radius 1 is 1.07 bits per heavy atom. The van der Waals surface area contributed by atoms with Gasteiger partial charge in [0, 0.05) is 13.1 Å². The number of hydrogen-bond donors (Lipinski definition) is 3. The van der Waals surface area contributed by atoms with Gasteiger partial charge in [-0.2, -0.15) is 0 Å². The number of nitrogens with one attached hydrogen (secondary N) is 2. The van der Waals surface area contributed by atoms with Crippen molar-refractivity contribution in [3.8, 4) is 17.2 Å². The monoisotopic (exact) mass is 419 g/mol. The third-order valence-corrected chi connectivity index (χ3v) is 4.21. The maximum atomic E-state index is 12.9. The zero-order valence-corrected chi connectivity index (χ0v) is 17.7. The maximum Gasteiger partial charge on any atom is 0.191 e. The Balaban J connectivity index is 1.81. The SMILES string of the molecule is CCNC(=NCC(O)COc1ccc(F)cc1)NCCc1ccc(OC)c(OC)c1. The van der Waals surface area contributed by atoms with Gasteiger partial charge in [-0.15, -0.1) is 0 Å². The van der Waals surface area contributed by atoms with Gasteiger partial charge in [0.05, 0.1) is 20.8 Å². The molecular formula is C22H30FN3O4. The van der Waals surface area contributed by atoms with E-state index in [1.807, 2.05) is 25.1 Å². The van der Waals surface area contributed by atoms with E-state index >= 15 is 0 Å². The molecule has 2 rings (SSSR count). The molecule has 0 radical (unpaired) electrons. The molecule has 0 amide bonds. The predicted octanol–water partition coefficient (Wildman–Crippen LogP) is 2.38. The molecule has 0 aromatic heterocycles. The van der Waals surface area contributed by atoms with Gasteiger partial charge in [0.25, 0.3) is 0 Å². The highest BCUT2D eigenvalue weighted by molar-refractivity contribution is 5.79. The lowest BCUT2D eigenvalue weighted by atomic mass is 10.1. The highest BCUT2D eigenvalue weighted by atomic mass is 19.1. The summed E-state index contributed by atoms with van der Waals surface area (Å²) >= 11 is 0. The van der Waals surface area contributed by atoms with Crippen LogP contribution in [-0.2, 0) is 6.42 Å². The number of halogens is 1. The second-order valence-corrected chi connectivity index (χ2v) is 6.50. The molecule has 0 aliphatic rings. The topological polar surface area (TPSA) is 84.3 Å². The summed E-state index contributed by atoms with van der Waals surface area (Å²) in [5, 5.41) is 16.5. The average molecular weight is 419 g/mol. The number of nitrogens with zero attached hydrogens (tertiary/aromatic N) is 1. The molecule has 0 heterocycles. The second kappa shape index (κ2) is 12.5. The molecule has 2 aromatic carbocycles. The van der Waals surface area contributed by atoms with Crippen molar-refractivity contribution in [3.63, 3.8) is 0 Å². The number of aliphatic hydroxyl groups excluding tert-OH is 1. The Morgan fingerprint density at radius 3 is 2.47 bits per heavy atom. The summed E-state index contributed by atoms with van der Waals surface area (Å²) in [4.78, 5) is 4.39. The fraction of sp³-hybridized carbons (Fsp3) is 0.409. The minimum Gasteiger partial charge on any atom is -0.493 e. The highest BCUT2D eigenvalue weighted by Crippen LogP contribution is 2.27. The summed E-state index contributed by atoms with van der Waals surface area (Å²) in [5.74, 6) is 2.17.